The van der Waals surface area contributed by atoms with Crippen molar-refractivity contribution in [1.29, 1.82) is 0 Å². The van der Waals surface area contributed by atoms with Crippen LogP contribution in [0.5, 0.6) is 0 Å². The average molecular weight is 463 g/mol. The molecular weight excluding hydrogens is 432 g/mol. The molecule has 3 heterocycles. The maximum atomic E-state index is 12.7. The Hall–Kier alpha value is -3.52. The summed E-state index contributed by atoms with van der Waals surface area (Å²) in [6, 6.07) is 10.5. The van der Waals surface area contributed by atoms with Crippen LogP contribution in [0.1, 0.15) is 42.1 Å². The second kappa shape index (κ2) is 11.1. The second-order valence-electron chi connectivity index (χ2n) is 8.58. The number of ketones is 1. The van der Waals surface area contributed by atoms with Crippen molar-refractivity contribution >= 4 is 34.7 Å². The molecular formula is C26H30N4O4. The van der Waals surface area contributed by atoms with Crippen molar-refractivity contribution in [2.45, 2.75) is 26.2 Å². The van der Waals surface area contributed by atoms with Crippen LogP contribution in [-0.4, -0.2) is 66.9 Å². The molecule has 1 N–H and O–H groups in total. The second-order valence-corrected chi connectivity index (χ2v) is 8.58. The van der Waals surface area contributed by atoms with Crippen LogP contribution in [0.25, 0.3) is 5.57 Å². The first kappa shape index (κ1) is 23.6. The highest BCUT2D eigenvalue weighted by molar-refractivity contribution is 6.39. The molecule has 0 radical (unpaired) electrons. The lowest BCUT2D eigenvalue weighted by Crippen LogP contribution is -2.42. The van der Waals surface area contributed by atoms with E-state index in [1.807, 2.05) is 19.1 Å². The lowest BCUT2D eigenvalue weighted by atomic mass is 10.0. The van der Waals surface area contributed by atoms with E-state index < -0.39 is 11.8 Å². The zero-order valence-electron chi connectivity index (χ0n) is 19.5. The van der Waals surface area contributed by atoms with E-state index in [9.17, 15) is 14.4 Å². The van der Waals surface area contributed by atoms with Crippen molar-refractivity contribution < 1.29 is 19.1 Å². The van der Waals surface area contributed by atoms with Gasteiger partial charge < -0.3 is 19.9 Å². The number of morpholine rings is 1. The van der Waals surface area contributed by atoms with Crippen molar-refractivity contribution in [2.24, 2.45) is 0 Å². The Kier molecular flexibility index (Phi) is 7.69. The average Bonchev–Trinajstić information content (AvgIpc) is 2.89. The number of nitrogens with one attached hydrogen (secondary N) is 1. The van der Waals surface area contributed by atoms with Gasteiger partial charge in [0, 0.05) is 43.6 Å². The molecule has 8 nitrogen and oxygen atoms in total. The van der Waals surface area contributed by atoms with E-state index in [4.69, 9.17) is 4.74 Å². The van der Waals surface area contributed by atoms with E-state index in [1.54, 1.807) is 41.4 Å². The van der Waals surface area contributed by atoms with Gasteiger partial charge >= 0.3 is 11.8 Å². The molecule has 0 saturated carbocycles. The molecule has 2 aliphatic heterocycles. The van der Waals surface area contributed by atoms with Crippen molar-refractivity contribution in [2.75, 3.05) is 49.6 Å². The highest BCUT2D eigenvalue weighted by atomic mass is 16.5. The van der Waals surface area contributed by atoms with E-state index in [1.165, 1.54) is 0 Å². The third-order valence-electron chi connectivity index (χ3n) is 6.15. The van der Waals surface area contributed by atoms with Crippen LogP contribution in [0.3, 0.4) is 0 Å². The Morgan fingerprint density at radius 1 is 0.912 bits per heavy atom. The summed E-state index contributed by atoms with van der Waals surface area (Å²) in [6.45, 7) is 6.17. The Morgan fingerprint density at radius 2 is 1.59 bits per heavy atom. The molecule has 0 atom stereocenters. The molecule has 0 unspecified atom stereocenters. The summed E-state index contributed by atoms with van der Waals surface area (Å²) in [5.74, 6) is -0.393. The number of ether oxygens (including phenoxy) is 1. The van der Waals surface area contributed by atoms with E-state index in [0.29, 0.717) is 37.6 Å². The summed E-state index contributed by atoms with van der Waals surface area (Å²) >= 11 is 0. The number of allylic oxidation sites excluding steroid dienone is 2. The highest BCUT2D eigenvalue weighted by Crippen LogP contribution is 2.19. The minimum atomic E-state index is -0.648. The maximum Gasteiger partial charge on any atom is 0.313 e. The Balaban J connectivity index is 1.35. The lowest BCUT2D eigenvalue weighted by Gasteiger charge is -2.27. The van der Waals surface area contributed by atoms with Crippen molar-refractivity contribution in [3.05, 3.63) is 59.8 Å². The predicted molar refractivity (Wildman–Crippen MR) is 131 cm³/mol. The first-order chi connectivity index (χ1) is 16.5. The number of hydrogen-bond acceptors (Lipinski definition) is 6. The molecule has 1 aromatic carbocycles. The summed E-state index contributed by atoms with van der Waals surface area (Å²) in [6.07, 6.45) is 6.31. The first-order valence-corrected chi connectivity index (χ1v) is 11.7. The van der Waals surface area contributed by atoms with Gasteiger partial charge in [-0.05, 0) is 79.8 Å². The molecule has 2 fully saturated rings. The Bertz CT molecular complexity index is 1050. The molecule has 4 rings (SSSR count). The third-order valence-corrected chi connectivity index (χ3v) is 6.15. The van der Waals surface area contributed by atoms with Crippen molar-refractivity contribution in [3.63, 3.8) is 0 Å². The van der Waals surface area contributed by atoms with Gasteiger partial charge in [0.2, 0.25) is 0 Å². The summed E-state index contributed by atoms with van der Waals surface area (Å²) in [7, 11) is 0. The third kappa shape index (κ3) is 5.88. The lowest BCUT2D eigenvalue weighted by molar-refractivity contribution is -0.143. The van der Waals surface area contributed by atoms with Gasteiger partial charge in [-0.1, -0.05) is 0 Å². The molecule has 2 aliphatic rings. The van der Waals surface area contributed by atoms with E-state index in [-0.39, 0.29) is 5.78 Å². The number of rotatable bonds is 5. The summed E-state index contributed by atoms with van der Waals surface area (Å²) in [5, 5.41) is 2.63. The minimum Gasteiger partial charge on any atom is -0.378 e. The number of nitrogens with zero attached hydrogens (tertiary/aromatic N) is 3. The van der Waals surface area contributed by atoms with Crippen LogP contribution in [0.2, 0.25) is 0 Å². The van der Waals surface area contributed by atoms with Gasteiger partial charge in [-0.25, -0.2) is 4.98 Å². The number of amides is 2. The summed E-state index contributed by atoms with van der Waals surface area (Å²) < 4.78 is 5.38. The fraction of sp³-hybridized carbons (Fsp3) is 0.385. The molecule has 2 aromatic rings. The van der Waals surface area contributed by atoms with Gasteiger partial charge in [0.05, 0.1) is 13.2 Å². The SMILES string of the molecule is CC(=CC(=O)c1ccc(NC(=O)C(=O)N2CCCCC2)cc1)c1ccc(N2CCOCC2)nc1. The minimum absolute atomic E-state index is 0.142. The quantitative estimate of drug-likeness (QED) is 0.417. The van der Waals surface area contributed by atoms with Crippen LogP contribution in [0.4, 0.5) is 11.5 Å². The standard InChI is InChI=1S/C26H30N4O4/c1-19(21-7-10-24(27-18-21)29-13-15-34-16-14-29)17-23(31)20-5-8-22(9-6-20)28-25(32)26(33)30-11-3-2-4-12-30/h5-10,17-18H,2-4,11-16H2,1H3,(H,28,32). The topological polar surface area (TPSA) is 91.8 Å². The fourth-order valence-corrected chi connectivity index (χ4v) is 4.11. The molecule has 1 aromatic heterocycles. The number of carbonyl (C=O) groups is 3. The first-order valence-electron chi connectivity index (χ1n) is 11.7. The molecule has 0 bridgehead atoms. The number of piperidine rings is 1. The molecule has 0 spiro atoms. The molecule has 178 valence electrons. The number of carbonyl (C=O) groups excluding carboxylic acids is 3. The van der Waals surface area contributed by atoms with Crippen LogP contribution >= 0.6 is 0 Å². The fourth-order valence-electron chi connectivity index (χ4n) is 4.11. The number of likely N-dealkylation sites (tertiary alicyclic amines) is 1. The van der Waals surface area contributed by atoms with Gasteiger partial charge in [-0.3, -0.25) is 14.4 Å². The van der Waals surface area contributed by atoms with Gasteiger partial charge in [0.1, 0.15) is 5.82 Å². The largest absolute Gasteiger partial charge is 0.378 e. The number of pyridine rings is 1. The van der Waals surface area contributed by atoms with E-state index >= 15 is 0 Å². The van der Waals surface area contributed by atoms with E-state index in [0.717, 1.165) is 49.3 Å². The van der Waals surface area contributed by atoms with Gasteiger partial charge in [0.25, 0.3) is 0 Å². The summed E-state index contributed by atoms with van der Waals surface area (Å²) in [5.41, 5.74) is 2.68. The van der Waals surface area contributed by atoms with Gasteiger partial charge in [0.15, 0.2) is 5.78 Å². The van der Waals surface area contributed by atoms with Crippen LogP contribution in [0, 0.1) is 0 Å². The number of hydrogen-bond donors (Lipinski definition) is 1. The molecule has 2 saturated heterocycles. The highest BCUT2D eigenvalue weighted by Gasteiger charge is 2.23. The Morgan fingerprint density at radius 3 is 2.24 bits per heavy atom. The van der Waals surface area contributed by atoms with E-state index in [2.05, 4.69) is 15.2 Å². The maximum absolute atomic E-state index is 12.7. The van der Waals surface area contributed by atoms with Crippen molar-refractivity contribution in [3.8, 4) is 0 Å². The predicted octanol–water partition coefficient (Wildman–Crippen LogP) is 3.16. The monoisotopic (exact) mass is 462 g/mol. The van der Waals surface area contributed by atoms with Crippen molar-refractivity contribution in [1.82, 2.24) is 9.88 Å². The molecule has 0 aliphatic carbocycles. The number of benzene rings is 1. The van der Waals surface area contributed by atoms with Crippen LogP contribution in [-0.2, 0) is 14.3 Å². The van der Waals surface area contributed by atoms with Gasteiger partial charge in [-0.2, -0.15) is 0 Å². The van der Waals surface area contributed by atoms with Gasteiger partial charge in [-0.15, -0.1) is 0 Å². The molecule has 34 heavy (non-hydrogen) atoms. The normalized spacial score (nSPS) is 16.8. The molecule has 2 amide bonds. The summed E-state index contributed by atoms with van der Waals surface area (Å²) in [4.78, 5) is 45.6. The van der Waals surface area contributed by atoms with Crippen LogP contribution < -0.4 is 10.2 Å². The smallest absolute Gasteiger partial charge is 0.313 e. The molecule has 8 heteroatoms. The zero-order chi connectivity index (χ0) is 23.9. The number of anilines is 2. The number of aromatic nitrogens is 1. The van der Waals surface area contributed by atoms with Crippen LogP contribution in [0.15, 0.2) is 48.7 Å². The zero-order valence-corrected chi connectivity index (χ0v) is 19.5. The Labute approximate surface area is 199 Å².